The Morgan fingerprint density at radius 2 is 1.88 bits per heavy atom. The van der Waals surface area contributed by atoms with Gasteiger partial charge in [-0.3, -0.25) is 5.10 Å². The molecule has 3 aromatic rings. The Bertz CT molecular complexity index is 900. The second kappa shape index (κ2) is 6.22. The third-order valence-electron chi connectivity index (χ3n) is 5.75. The molecule has 0 bridgehead atoms. The quantitative estimate of drug-likeness (QED) is 0.740. The summed E-state index contributed by atoms with van der Waals surface area (Å²) in [5, 5.41) is 16.7. The van der Waals surface area contributed by atoms with E-state index in [2.05, 4.69) is 46.3 Å². The van der Waals surface area contributed by atoms with Crippen molar-refractivity contribution >= 4 is 22.8 Å². The third kappa shape index (κ3) is 2.67. The van der Waals surface area contributed by atoms with Gasteiger partial charge in [-0.2, -0.15) is 15.1 Å². The van der Waals surface area contributed by atoms with Gasteiger partial charge in [-0.15, -0.1) is 5.10 Å². The minimum absolute atomic E-state index is 0.274. The Balaban J connectivity index is 1.31. The zero-order valence-corrected chi connectivity index (χ0v) is 14.7. The van der Waals surface area contributed by atoms with Crippen LogP contribution in [0.15, 0.2) is 12.4 Å². The van der Waals surface area contributed by atoms with Crippen molar-refractivity contribution in [2.45, 2.75) is 50.5 Å². The largest absolute Gasteiger partial charge is 0.368 e. The number of hydrogen-bond donors (Lipinski definition) is 2. The fourth-order valence-corrected chi connectivity index (χ4v) is 4.30. The van der Waals surface area contributed by atoms with Crippen molar-refractivity contribution < 1.29 is 0 Å². The normalized spacial score (nSPS) is 19.6. The molecule has 136 valence electrons. The molecule has 4 heterocycles. The van der Waals surface area contributed by atoms with Gasteiger partial charge in [0.2, 0.25) is 5.95 Å². The van der Waals surface area contributed by atoms with E-state index < -0.39 is 0 Å². The summed E-state index contributed by atoms with van der Waals surface area (Å²) in [4.78, 5) is 10.9. The summed E-state index contributed by atoms with van der Waals surface area (Å²) >= 11 is 0. The molecule has 26 heavy (non-hydrogen) atoms. The summed E-state index contributed by atoms with van der Waals surface area (Å²) < 4.78 is 2.08. The minimum Gasteiger partial charge on any atom is -0.368 e. The molecule has 0 unspecified atom stereocenters. The molecule has 1 aliphatic heterocycles. The first kappa shape index (κ1) is 15.5. The molecular formula is C17H23N9. The summed E-state index contributed by atoms with van der Waals surface area (Å²) in [6, 6.07) is 0.396. The van der Waals surface area contributed by atoms with Crippen molar-refractivity contribution in [3.8, 4) is 0 Å². The van der Waals surface area contributed by atoms with Crippen molar-refractivity contribution in [3.63, 3.8) is 0 Å². The highest BCUT2D eigenvalue weighted by Crippen LogP contribution is 2.34. The molecule has 3 N–H and O–H groups in total. The molecule has 3 aromatic heterocycles. The van der Waals surface area contributed by atoms with Crippen LogP contribution in [0, 0.1) is 0 Å². The maximum absolute atomic E-state index is 5.85. The number of nitrogens with two attached hydrogens (primary N) is 1. The molecule has 9 heteroatoms. The van der Waals surface area contributed by atoms with Crippen LogP contribution in [0.5, 0.6) is 0 Å². The summed E-state index contributed by atoms with van der Waals surface area (Å²) in [7, 11) is 0. The standard InChI is InChI=1S/C17H23N9/c18-17-20-15-13(9-19-23-15)16(21-17)25-7-5-12(6-8-25)26-10-14(22-24-26)11-3-1-2-4-11/h9-12H,1-8H2,(H3,18,19,20,21,23). The first-order chi connectivity index (χ1) is 12.8. The lowest BCUT2D eigenvalue weighted by molar-refractivity contribution is 0.359. The highest BCUT2D eigenvalue weighted by Gasteiger charge is 2.26. The van der Waals surface area contributed by atoms with Gasteiger partial charge >= 0.3 is 0 Å². The van der Waals surface area contributed by atoms with E-state index in [1.807, 2.05) is 0 Å². The molecule has 0 atom stereocenters. The maximum Gasteiger partial charge on any atom is 0.224 e. The van der Waals surface area contributed by atoms with Crippen molar-refractivity contribution in [2.24, 2.45) is 0 Å². The highest BCUT2D eigenvalue weighted by molar-refractivity contribution is 5.87. The van der Waals surface area contributed by atoms with Gasteiger partial charge in [0.05, 0.1) is 23.3 Å². The number of anilines is 2. The number of H-pyrrole nitrogens is 1. The Kier molecular flexibility index (Phi) is 3.72. The summed E-state index contributed by atoms with van der Waals surface area (Å²) in [5.41, 5.74) is 7.71. The van der Waals surface area contributed by atoms with E-state index in [0.29, 0.717) is 17.6 Å². The number of aromatic amines is 1. The zero-order valence-electron chi connectivity index (χ0n) is 14.7. The molecule has 1 aliphatic carbocycles. The Morgan fingerprint density at radius 1 is 1.08 bits per heavy atom. The van der Waals surface area contributed by atoms with Crippen LogP contribution in [-0.4, -0.2) is 48.2 Å². The number of nitrogens with zero attached hydrogens (tertiary/aromatic N) is 7. The molecule has 1 saturated heterocycles. The van der Waals surface area contributed by atoms with Crippen LogP contribution >= 0.6 is 0 Å². The first-order valence-corrected chi connectivity index (χ1v) is 9.41. The van der Waals surface area contributed by atoms with E-state index >= 15 is 0 Å². The van der Waals surface area contributed by atoms with Gasteiger partial charge in [-0.1, -0.05) is 18.1 Å². The molecule has 0 aromatic carbocycles. The lowest BCUT2D eigenvalue weighted by Crippen LogP contribution is -2.35. The molecule has 1 saturated carbocycles. The summed E-state index contributed by atoms with van der Waals surface area (Å²) in [6.45, 7) is 1.81. The van der Waals surface area contributed by atoms with Crippen LogP contribution in [0.4, 0.5) is 11.8 Å². The second-order valence-electron chi connectivity index (χ2n) is 7.36. The smallest absolute Gasteiger partial charge is 0.224 e. The van der Waals surface area contributed by atoms with Gasteiger partial charge in [0, 0.05) is 25.2 Å². The van der Waals surface area contributed by atoms with Crippen molar-refractivity contribution in [1.82, 2.24) is 35.2 Å². The Morgan fingerprint density at radius 3 is 2.69 bits per heavy atom. The van der Waals surface area contributed by atoms with Crippen molar-refractivity contribution in [3.05, 3.63) is 18.1 Å². The molecular weight excluding hydrogens is 330 g/mol. The van der Waals surface area contributed by atoms with Gasteiger partial charge in [0.15, 0.2) is 5.65 Å². The van der Waals surface area contributed by atoms with Crippen molar-refractivity contribution in [1.29, 1.82) is 0 Å². The van der Waals surface area contributed by atoms with Gasteiger partial charge < -0.3 is 10.6 Å². The van der Waals surface area contributed by atoms with E-state index in [9.17, 15) is 0 Å². The fourth-order valence-electron chi connectivity index (χ4n) is 4.30. The number of hydrogen-bond acceptors (Lipinski definition) is 7. The molecule has 2 fully saturated rings. The number of piperidine rings is 1. The monoisotopic (exact) mass is 353 g/mol. The molecule has 2 aliphatic rings. The van der Waals surface area contributed by atoms with E-state index in [1.165, 1.54) is 31.4 Å². The number of fused-ring (bicyclic) bond motifs is 1. The lowest BCUT2D eigenvalue weighted by atomic mass is 10.0. The van der Waals surface area contributed by atoms with Gasteiger partial charge in [-0.25, -0.2) is 4.68 Å². The molecule has 0 amide bonds. The number of nitrogen functional groups attached to an aromatic ring is 1. The summed E-state index contributed by atoms with van der Waals surface area (Å²) in [6.07, 6.45) is 11.1. The van der Waals surface area contributed by atoms with E-state index in [0.717, 1.165) is 37.1 Å². The molecule has 9 nitrogen and oxygen atoms in total. The van der Waals surface area contributed by atoms with Crippen LogP contribution in [0.2, 0.25) is 0 Å². The third-order valence-corrected chi connectivity index (χ3v) is 5.75. The first-order valence-electron chi connectivity index (χ1n) is 9.41. The summed E-state index contributed by atoms with van der Waals surface area (Å²) in [5.74, 6) is 1.75. The van der Waals surface area contributed by atoms with Gasteiger partial charge in [0.1, 0.15) is 5.82 Å². The second-order valence-corrected chi connectivity index (χ2v) is 7.36. The highest BCUT2D eigenvalue weighted by atomic mass is 15.4. The number of rotatable bonds is 3. The van der Waals surface area contributed by atoms with E-state index in [4.69, 9.17) is 5.73 Å². The van der Waals surface area contributed by atoms with Crippen LogP contribution in [0.25, 0.3) is 11.0 Å². The number of aromatic nitrogens is 7. The zero-order chi connectivity index (χ0) is 17.5. The van der Waals surface area contributed by atoms with Crippen LogP contribution < -0.4 is 10.6 Å². The average Bonchev–Trinajstić information content (AvgIpc) is 3.40. The van der Waals surface area contributed by atoms with Crippen LogP contribution in [-0.2, 0) is 0 Å². The SMILES string of the molecule is Nc1nc(N2CCC(n3cc(C4CCCC4)nn3)CC2)c2cn[nH]c2n1. The van der Waals surface area contributed by atoms with E-state index in [1.54, 1.807) is 6.20 Å². The Labute approximate surface area is 151 Å². The Hall–Kier alpha value is -2.71. The van der Waals surface area contributed by atoms with Crippen molar-refractivity contribution in [2.75, 3.05) is 23.7 Å². The topological polar surface area (TPSA) is 114 Å². The van der Waals surface area contributed by atoms with Gasteiger partial charge in [0.25, 0.3) is 0 Å². The molecule has 5 rings (SSSR count). The maximum atomic E-state index is 5.85. The predicted octanol–water partition coefficient (Wildman–Crippen LogP) is 2.03. The fraction of sp³-hybridized carbons (Fsp3) is 0.588. The molecule has 0 spiro atoms. The number of nitrogens with one attached hydrogen (secondary N) is 1. The van der Waals surface area contributed by atoms with Gasteiger partial charge in [-0.05, 0) is 25.7 Å². The predicted molar refractivity (Wildman–Crippen MR) is 97.8 cm³/mol. The van der Waals surface area contributed by atoms with Crippen LogP contribution in [0.1, 0.15) is 56.2 Å². The van der Waals surface area contributed by atoms with E-state index in [-0.39, 0.29) is 5.95 Å². The van der Waals surface area contributed by atoms with Crippen LogP contribution in [0.3, 0.4) is 0 Å². The minimum atomic E-state index is 0.274. The average molecular weight is 353 g/mol. The lowest BCUT2D eigenvalue weighted by Gasteiger charge is -2.32. The molecule has 0 radical (unpaired) electrons.